The first-order valence-corrected chi connectivity index (χ1v) is 15.2. The minimum Gasteiger partial charge on any atom is -0.357 e. The maximum absolute atomic E-state index is 13.7. The summed E-state index contributed by atoms with van der Waals surface area (Å²) in [5.74, 6) is -0.632. The van der Waals surface area contributed by atoms with Crippen LogP contribution >= 0.6 is 34.8 Å². The molecular formula is C28H30Cl3N3O4S. The van der Waals surface area contributed by atoms with Gasteiger partial charge in [0, 0.05) is 43.0 Å². The summed E-state index contributed by atoms with van der Waals surface area (Å²) in [6, 6.07) is 20.3. The summed E-state index contributed by atoms with van der Waals surface area (Å²) < 4.78 is 26.3. The fraction of sp³-hybridized carbons (Fsp3) is 0.286. The summed E-state index contributed by atoms with van der Waals surface area (Å²) in [5, 5.41) is 3.70. The normalized spacial score (nSPS) is 12.0. The summed E-state index contributed by atoms with van der Waals surface area (Å²) in [4.78, 5) is 28.2. The summed E-state index contributed by atoms with van der Waals surface area (Å²) in [7, 11) is -2.20. The van der Waals surface area contributed by atoms with Crippen molar-refractivity contribution in [2.24, 2.45) is 0 Å². The average Bonchev–Trinajstić information content (AvgIpc) is 2.90. The maximum Gasteiger partial charge on any atom is 0.242 e. The number of anilines is 1. The number of amides is 2. The van der Waals surface area contributed by atoms with E-state index < -0.39 is 16.1 Å². The van der Waals surface area contributed by atoms with E-state index in [0.29, 0.717) is 22.0 Å². The van der Waals surface area contributed by atoms with Gasteiger partial charge in [-0.15, -0.1) is 0 Å². The molecule has 0 aliphatic rings. The molecule has 0 aromatic heterocycles. The van der Waals surface area contributed by atoms with E-state index in [-0.39, 0.29) is 48.5 Å². The second-order valence-corrected chi connectivity index (χ2v) is 12.1. The number of nitrogens with zero attached hydrogens (tertiary/aromatic N) is 2. The summed E-state index contributed by atoms with van der Waals surface area (Å²) in [6.07, 6.45) is 1.53. The Bertz CT molecular complexity index is 1400. The average molecular weight is 611 g/mol. The smallest absolute Gasteiger partial charge is 0.242 e. The van der Waals surface area contributed by atoms with Gasteiger partial charge in [0.2, 0.25) is 21.8 Å². The molecule has 0 heterocycles. The van der Waals surface area contributed by atoms with E-state index in [2.05, 4.69) is 5.32 Å². The highest BCUT2D eigenvalue weighted by Crippen LogP contribution is 2.31. The zero-order chi connectivity index (χ0) is 28.6. The Hall–Kier alpha value is -2.78. The lowest BCUT2D eigenvalue weighted by atomic mass is 10.0. The van der Waals surface area contributed by atoms with E-state index in [9.17, 15) is 18.0 Å². The lowest BCUT2D eigenvalue weighted by Gasteiger charge is -2.32. The van der Waals surface area contributed by atoms with Crippen molar-refractivity contribution in [1.82, 2.24) is 10.2 Å². The second-order valence-electron chi connectivity index (χ2n) is 8.97. The molecule has 1 atom stereocenters. The van der Waals surface area contributed by atoms with E-state index >= 15 is 0 Å². The van der Waals surface area contributed by atoms with Crippen LogP contribution in [0.4, 0.5) is 5.69 Å². The molecule has 0 unspecified atom stereocenters. The number of hydrogen-bond donors (Lipinski definition) is 1. The summed E-state index contributed by atoms with van der Waals surface area (Å²) >= 11 is 18.8. The summed E-state index contributed by atoms with van der Waals surface area (Å²) in [6.45, 7) is 0.104. The Balaban J connectivity index is 1.87. The molecule has 1 N–H and O–H groups in total. The molecule has 3 rings (SSSR count). The van der Waals surface area contributed by atoms with Crippen LogP contribution in [0.1, 0.15) is 24.0 Å². The molecule has 3 aromatic carbocycles. The molecule has 0 bridgehead atoms. The molecule has 208 valence electrons. The van der Waals surface area contributed by atoms with Gasteiger partial charge in [-0.1, -0.05) is 83.3 Å². The van der Waals surface area contributed by atoms with Crippen LogP contribution in [0.3, 0.4) is 0 Å². The monoisotopic (exact) mass is 609 g/mol. The molecule has 0 aliphatic carbocycles. The van der Waals surface area contributed by atoms with Crippen molar-refractivity contribution in [3.63, 3.8) is 0 Å². The first kappa shape index (κ1) is 30.8. The lowest BCUT2D eigenvalue weighted by molar-refractivity contribution is -0.141. The SMILES string of the molecule is CNC(=O)[C@H](Cc1ccccc1)N(Cc1ccccc1Cl)C(=O)CCCN(c1cc(Cl)ccc1Cl)S(C)(=O)=O. The van der Waals surface area contributed by atoms with Crippen molar-refractivity contribution in [3.8, 4) is 0 Å². The first-order chi connectivity index (χ1) is 18.5. The number of hydrogen-bond acceptors (Lipinski definition) is 4. The molecule has 0 spiro atoms. The Morgan fingerprint density at radius 1 is 0.923 bits per heavy atom. The summed E-state index contributed by atoms with van der Waals surface area (Å²) in [5.41, 5.74) is 1.82. The van der Waals surface area contributed by atoms with Crippen molar-refractivity contribution >= 4 is 62.3 Å². The van der Waals surface area contributed by atoms with Gasteiger partial charge in [0.15, 0.2) is 0 Å². The Morgan fingerprint density at radius 3 is 2.23 bits per heavy atom. The van der Waals surface area contributed by atoms with Crippen LogP contribution in [0.25, 0.3) is 0 Å². The number of rotatable bonds is 12. The number of carbonyl (C=O) groups is 2. The molecule has 0 saturated carbocycles. The zero-order valence-corrected chi connectivity index (χ0v) is 24.7. The maximum atomic E-state index is 13.7. The largest absolute Gasteiger partial charge is 0.357 e. The zero-order valence-electron chi connectivity index (χ0n) is 21.6. The molecule has 0 aliphatic heterocycles. The van der Waals surface area contributed by atoms with E-state index in [1.54, 1.807) is 24.3 Å². The standard InChI is InChI=1S/C28H30Cl3N3O4S/c1-32-28(36)26(17-20-9-4-3-5-10-20)33(19-21-11-6-7-12-23(21)30)27(35)13-8-16-34(39(2,37)38)25-18-22(29)14-15-24(25)31/h3-7,9-12,14-15,18,26H,8,13,16-17,19H2,1-2H3,(H,32,36)/t26-/m0/s1. The van der Waals surface area contributed by atoms with Crippen LogP contribution < -0.4 is 9.62 Å². The molecule has 2 amide bonds. The Labute approximate surface area is 244 Å². The van der Waals surface area contributed by atoms with Gasteiger partial charge < -0.3 is 10.2 Å². The van der Waals surface area contributed by atoms with Crippen LogP contribution in [-0.2, 0) is 32.6 Å². The number of carbonyl (C=O) groups excluding carboxylic acids is 2. The number of halogens is 3. The molecular weight excluding hydrogens is 581 g/mol. The third kappa shape index (κ3) is 8.60. The third-order valence-electron chi connectivity index (χ3n) is 6.15. The molecule has 0 radical (unpaired) electrons. The number of likely N-dealkylation sites (N-methyl/N-ethyl adjacent to an activating group) is 1. The molecule has 39 heavy (non-hydrogen) atoms. The predicted octanol–water partition coefficient (Wildman–Crippen LogP) is 5.58. The molecule has 7 nitrogen and oxygen atoms in total. The van der Waals surface area contributed by atoms with Crippen LogP contribution in [0, 0.1) is 0 Å². The van der Waals surface area contributed by atoms with Crippen LogP contribution in [-0.4, -0.2) is 51.0 Å². The van der Waals surface area contributed by atoms with E-state index in [4.69, 9.17) is 34.8 Å². The van der Waals surface area contributed by atoms with Gasteiger partial charge >= 0.3 is 0 Å². The fourth-order valence-electron chi connectivity index (χ4n) is 4.19. The number of sulfonamides is 1. The highest BCUT2D eigenvalue weighted by Gasteiger charge is 2.30. The van der Waals surface area contributed by atoms with E-state index in [1.165, 1.54) is 24.1 Å². The Kier molecular flexibility index (Phi) is 11.1. The first-order valence-electron chi connectivity index (χ1n) is 12.2. The van der Waals surface area contributed by atoms with Gasteiger partial charge in [-0.05, 0) is 41.8 Å². The van der Waals surface area contributed by atoms with Gasteiger partial charge in [0.1, 0.15) is 6.04 Å². The quantitative estimate of drug-likeness (QED) is 0.290. The number of benzene rings is 3. The molecule has 0 fully saturated rings. The lowest BCUT2D eigenvalue weighted by Crippen LogP contribution is -2.49. The van der Waals surface area contributed by atoms with Gasteiger partial charge in [0.05, 0.1) is 17.0 Å². The minimum atomic E-state index is -3.72. The van der Waals surface area contributed by atoms with Crippen molar-refractivity contribution in [2.45, 2.75) is 31.8 Å². The van der Waals surface area contributed by atoms with Gasteiger partial charge in [-0.2, -0.15) is 0 Å². The van der Waals surface area contributed by atoms with Crippen molar-refractivity contribution in [1.29, 1.82) is 0 Å². The molecule has 0 saturated heterocycles. The fourth-order valence-corrected chi connectivity index (χ4v) is 5.79. The highest BCUT2D eigenvalue weighted by atomic mass is 35.5. The molecule has 11 heteroatoms. The molecule has 3 aromatic rings. The van der Waals surface area contributed by atoms with Crippen LogP contribution in [0.5, 0.6) is 0 Å². The van der Waals surface area contributed by atoms with Crippen LogP contribution in [0.2, 0.25) is 15.1 Å². The Morgan fingerprint density at radius 2 is 1.59 bits per heavy atom. The van der Waals surface area contributed by atoms with Crippen molar-refractivity contribution in [2.75, 3.05) is 24.2 Å². The second kappa shape index (κ2) is 14.0. The topological polar surface area (TPSA) is 86.8 Å². The number of nitrogens with one attached hydrogen (secondary N) is 1. The van der Waals surface area contributed by atoms with Gasteiger partial charge in [-0.3, -0.25) is 13.9 Å². The minimum absolute atomic E-state index is 0.00606. The third-order valence-corrected chi connectivity index (χ3v) is 8.25. The van der Waals surface area contributed by atoms with Crippen LogP contribution in [0.15, 0.2) is 72.8 Å². The highest BCUT2D eigenvalue weighted by molar-refractivity contribution is 7.92. The van der Waals surface area contributed by atoms with Crippen molar-refractivity contribution in [3.05, 3.63) is 99.0 Å². The van der Waals surface area contributed by atoms with E-state index in [0.717, 1.165) is 16.1 Å². The van der Waals surface area contributed by atoms with E-state index in [1.807, 2.05) is 36.4 Å². The van der Waals surface area contributed by atoms with Gasteiger partial charge in [0.25, 0.3) is 0 Å². The van der Waals surface area contributed by atoms with Crippen molar-refractivity contribution < 1.29 is 18.0 Å². The predicted molar refractivity (Wildman–Crippen MR) is 158 cm³/mol. The van der Waals surface area contributed by atoms with Gasteiger partial charge in [-0.25, -0.2) is 8.42 Å².